The molecule has 2 rings (SSSR count). The third kappa shape index (κ3) is 1.70. The number of likely N-dealkylation sites (tertiary alicyclic amines) is 1. The van der Waals surface area contributed by atoms with Gasteiger partial charge in [-0.05, 0) is 5.92 Å². The molecule has 16 heavy (non-hydrogen) atoms. The Morgan fingerprint density at radius 3 is 2.44 bits per heavy atom. The Hall–Kier alpha value is -1.05. The van der Waals surface area contributed by atoms with Crippen molar-refractivity contribution in [2.24, 2.45) is 11.8 Å². The van der Waals surface area contributed by atoms with Gasteiger partial charge in [-0.2, -0.15) is 0 Å². The van der Waals surface area contributed by atoms with Gasteiger partial charge in [-0.3, -0.25) is 4.79 Å². The third-order valence-corrected chi connectivity index (χ3v) is 5.06. The second kappa shape index (κ2) is 3.48. The lowest BCUT2D eigenvalue weighted by Crippen LogP contribution is -2.44. The summed E-state index contributed by atoms with van der Waals surface area (Å²) in [5.41, 5.74) is 0. The Bertz CT molecular complexity index is 447. The minimum Gasteiger partial charge on any atom is -0.480 e. The highest BCUT2D eigenvalue weighted by Crippen LogP contribution is 2.37. The Morgan fingerprint density at radius 2 is 1.94 bits per heavy atom. The van der Waals surface area contributed by atoms with Gasteiger partial charge in [-0.1, -0.05) is 0 Å². The normalized spacial score (nSPS) is 36.0. The number of fused-ring (bicyclic) bond motifs is 1. The minimum absolute atomic E-state index is 0.0504. The largest absolute Gasteiger partial charge is 0.480 e. The lowest BCUT2D eigenvalue weighted by molar-refractivity contribution is -0.142. The summed E-state index contributed by atoms with van der Waals surface area (Å²) in [6.07, 6.45) is 0. The van der Waals surface area contributed by atoms with Gasteiger partial charge in [-0.15, -0.1) is 0 Å². The fraction of sp³-hybridized carbons (Fsp3) is 0.750. The van der Waals surface area contributed by atoms with Crippen LogP contribution in [0.5, 0.6) is 0 Å². The maximum atomic E-state index is 11.4. The van der Waals surface area contributed by atoms with Gasteiger partial charge in [0.1, 0.15) is 6.04 Å². The fourth-order valence-electron chi connectivity index (χ4n) is 2.62. The van der Waals surface area contributed by atoms with Crippen LogP contribution in [0.2, 0.25) is 0 Å². The van der Waals surface area contributed by atoms with Gasteiger partial charge in [0, 0.05) is 12.5 Å². The van der Waals surface area contributed by atoms with Crippen molar-refractivity contribution in [3.8, 4) is 0 Å². The number of rotatable bonds is 1. The monoisotopic (exact) mass is 243 g/mol. The Kier molecular flexibility index (Phi) is 2.49. The summed E-state index contributed by atoms with van der Waals surface area (Å²) in [4.78, 5) is 23.1. The molecular weight excluding hydrogens is 233 g/mol. The first kappa shape index (κ1) is 11.4. The minimum atomic E-state index is -3.16. The van der Waals surface area contributed by atoms with Crippen molar-refractivity contribution < 1.29 is 23.1 Å². The molecule has 6 nitrogen and oxygen atoms in total. The highest BCUT2D eigenvalue weighted by molar-refractivity contribution is 7.91. The van der Waals surface area contributed by atoms with Crippen molar-refractivity contribution in [2.45, 2.75) is 6.04 Å². The molecule has 0 unspecified atom stereocenters. The van der Waals surface area contributed by atoms with Crippen molar-refractivity contribution in [1.82, 2.24) is 4.90 Å². The Labute approximate surface area is 93.9 Å². The van der Waals surface area contributed by atoms with Crippen LogP contribution in [0, 0.1) is 11.8 Å². The summed E-state index contributed by atoms with van der Waals surface area (Å²) in [6.45, 7) is 0.121. The zero-order valence-corrected chi connectivity index (χ0v) is 9.18. The van der Waals surface area contributed by atoms with Crippen LogP contribution in [-0.4, -0.2) is 62.1 Å². The van der Waals surface area contributed by atoms with E-state index in [2.05, 4.69) is 0 Å². The van der Waals surface area contributed by atoms with Crippen molar-refractivity contribution >= 4 is 29.5 Å². The smallest absolute Gasteiger partial charge is 0.326 e. The molecule has 0 aromatic rings. The van der Waals surface area contributed by atoms with Gasteiger partial charge in [-0.25, -0.2) is 13.2 Å². The van der Waals surface area contributed by atoms with Gasteiger partial charge in [0.25, 0.3) is 0 Å². The number of aliphatic carboxylic acids is 1. The predicted molar refractivity (Wildman–Crippen MR) is 54.9 cm³/mol. The number of carbonyl (C=O) groups excluding carboxylic acids is 1. The molecule has 2 aliphatic rings. The van der Waals surface area contributed by atoms with Gasteiger partial charge in [0.15, 0.2) is 15.6 Å². The van der Waals surface area contributed by atoms with E-state index >= 15 is 0 Å². The summed E-state index contributed by atoms with van der Waals surface area (Å²) in [6, 6.07) is -1.10. The predicted octanol–water partition coefficient (Wildman–Crippen LogP) is -1.30. The first-order chi connectivity index (χ1) is 7.32. The quantitative estimate of drug-likeness (QED) is 0.578. The van der Waals surface area contributed by atoms with E-state index in [9.17, 15) is 18.0 Å². The molecular formula is C8H10BNO5S. The van der Waals surface area contributed by atoms with E-state index in [1.54, 1.807) is 0 Å². The number of carboxylic acids is 1. The highest BCUT2D eigenvalue weighted by Gasteiger charge is 2.53. The van der Waals surface area contributed by atoms with Crippen LogP contribution < -0.4 is 0 Å². The van der Waals surface area contributed by atoms with E-state index in [1.165, 1.54) is 0 Å². The molecule has 2 radical (unpaired) electrons. The molecule has 2 aliphatic heterocycles. The zero-order chi connectivity index (χ0) is 12.1. The second-order valence-electron chi connectivity index (χ2n) is 4.27. The zero-order valence-electron chi connectivity index (χ0n) is 8.37. The van der Waals surface area contributed by atoms with Crippen molar-refractivity contribution in [3.05, 3.63) is 0 Å². The SMILES string of the molecule is [B]C(=O)N1C[C@@H]2CS(=O)(=O)C[C@@H]2[C@H]1C(=O)O. The number of amides is 1. The molecule has 8 heteroatoms. The maximum Gasteiger partial charge on any atom is 0.326 e. The Morgan fingerprint density at radius 1 is 1.31 bits per heavy atom. The maximum absolute atomic E-state index is 11.4. The highest BCUT2D eigenvalue weighted by atomic mass is 32.2. The van der Waals surface area contributed by atoms with Crippen molar-refractivity contribution in [2.75, 3.05) is 18.1 Å². The van der Waals surface area contributed by atoms with E-state index in [0.717, 1.165) is 4.90 Å². The van der Waals surface area contributed by atoms with Crippen LogP contribution in [-0.2, 0) is 14.6 Å². The molecule has 1 N–H and O–H groups in total. The molecule has 2 fully saturated rings. The van der Waals surface area contributed by atoms with Gasteiger partial charge >= 0.3 is 5.97 Å². The molecule has 0 bridgehead atoms. The summed E-state index contributed by atoms with van der Waals surface area (Å²) < 4.78 is 22.7. The molecule has 86 valence electrons. The number of carbonyl (C=O) groups is 2. The molecule has 0 aromatic carbocycles. The number of hydrogen-bond acceptors (Lipinski definition) is 4. The number of sulfone groups is 1. The number of nitrogens with zero attached hydrogens (tertiary/aromatic N) is 1. The number of hydrogen-bond donors (Lipinski definition) is 1. The summed E-state index contributed by atoms with van der Waals surface area (Å²) in [7, 11) is 1.91. The van der Waals surface area contributed by atoms with Crippen LogP contribution in [0.1, 0.15) is 0 Å². The fourth-order valence-corrected chi connectivity index (χ4v) is 4.81. The molecule has 3 atom stereocenters. The topological polar surface area (TPSA) is 91.8 Å². The molecule has 2 heterocycles. The molecule has 0 spiro atoms. The van der Waals surface area contributed by atoms with Crippen LogP contribution in [0.3, 0.4) is 0 Å². The van der Waals surface area contributed by atoms with E-state index in [0.29, 0.717) is 0 Å². The summed E-state index contributed by atoms with van der Waals surface area (Å²) in [5, 5.41) is 9.01. The van der Waals surface area contributed by atoms with E-state index in [-0.39, 0.29) is 24.0 Å². The van der Waals surface area contributed by atoms with Gasteiger partial charge in [0.2, 0.25) is 7.85 Å². The van der Waals surface area contributed by atoms with Crippen molar-refractivity contribution in [3.63, 3.8) is 0 Å². The number of carboxylic acid groups (broad SMARTS) is 1. The average molecular weight is 243 g/mol. The van der Waals surface area contributed by atoms with Crippen LogP contribution in [0.25, 0.3) is 0 Å². The van der Waals surface area contributed by atoms with E-state index in [1.807, 2.05) is 0 Å². The second-order valence-corrected chi connectivity index (χ2v) is 6.43. The summed E-state index contributed by atoms with van der Waals surface area (Å²) in [5.74, 6) is -3.03. The molecule has 2 saturated heterocycles. The molecule has 0 aromatic heterocycles. The summed E-state index contributed by atoms with van der Waals surface area (Å²) >= 11 is 0. The van der Waals surface area contributed by atoms with Crippen LogP contribution in [0.4, 0.5) is 4.79 Å². The van der Waals surface area contributed by atoms with Crippen LogP contribution in [0.15, 0.2) is 0 Å². The lowest BCUT2D eigenvalue weighted by Gasteiger charge is -2.23. The van der Waals surface area contributed by atoms with Gasteiger partial charge < -0.3 is 10.0 Å². The molecule has 1 amide bonds. The lowest BCUT2D eigenvalue weighted by atomic mass is 9.94. The van der Waals surface area contributed by atoms with Crippen LogP contribution >= 0.6 is 0 Å². The third-order valence-electron chi connectivity index (χ3n) is 3.23. The van der Waals surface area contributed by atoms with Gasteiger partial charge in [0.05, 0.1) is 11.5 Å². The average Bonchev–Trinajstić information content (AvgIpc) is 2.54. The first-order valence-electron chi connectivity index (χ1n) is 4.81. The van der Waals surface area contributed by atoms with Crippen molar-refractivity contribution in [1.29, 1.82) is 0 Å². The molecule has 0 saturated carbocycles. The Balaban J connectivity index is 2.30. The van der Waals surface area contributed by atoms with E-state index in [4.69, 9.17) is 13.0 Å². The molecule has 0 aliphatic carbocycles. The standard InChI is InChI=1S/C8H10BNO5S/c9-8(13)10-1-4-2-16(14,15)3-5(4)6(10)7(11)12/h4-6H,1-3H2,(H,11,12)/t4-,5+,6+/m1/s1. The van der Waals surface area contributed by atoms with E-state index < -0.39 is 33.6 Å². The first-order valence-corrected chi connectivity index (χ1v) is 6.63.